The minimum Gasteiger partial charge on any atom is -0.303 e. The molecule has 0 saturated carbocycles. The molecule has 1 unspecified atom stereocenters. The first-order valence-corrected chi connectivity index (χ1v) is 13.2. The van der Waals surface area contributed by atoms with Crippen LogP contribution in [0.3, 0.4) is 0 Å². The summed E-state index contributed by atoms with van der Waals surface area (Å²) in [6, 6.07) is 22.6. The van der Waals surface area contributed by atoms with E-state index >= 15 is 0 Å². The summed E-state index contributed by atoms with van der Waals surface area (Å²) in [4.78, 5) is 21.9. The smallest absolute Gasteiger partial charge is 0.228 e. The molecule has 6 heteroatoms. The largest absolute Gasteiger partial charge is 0.303 e. The highest BCUT2D eigenvalue weighted by molar-refractivity contribution is 6.42. The number of benzene rings is 2. The van der Waals surface area contributed by atoms with Crippen LogP contribution in [-0.4, -0.2) is 42.0 Å². The molecule has 2 aromatic carbocycles. The second-order valence-electron chi connectivity index (χ2n) is 9.85. The van der Waals surface area contributed by atoms with Gasteiger partial charge in [0.1, 0.15) is 5.82 Å². The predicted octanol–water partition coefficient (Wildman–Crippen LogP) is 6.72. The van der Waals surface area contributed by atoms with Gasteiger partial charge in [0.15, 0.2) is 0 Å². The van der Waals surface area contributed by atoms with Crippen molar-refractivity contribution in [1.29, 1.82) is 0 Å². The number of carbonyl (C=O) groups excluding carboxylic acids is 1. The maximum Gasteiger partial charge on any atom is 0.228 e. The molecule has 4 nitrogen and oxygen atoms in total. The van der Waals surface area contributed by atoms with Crippen LogP contribution in [0, 0.1) is 0 Å². The fourth-order valence-corrected chi connectivity index (χ4v) is 5.97. The summed E-state index contributed by atoms with van der Waals surface area (Å²) in [5, 5.41) is 1.12. The van der Waals surface area contributed by atoms with Crippen molar-refractivity contribution < 1.29 is 4.79 Å². The average molecular weight is 508 g/mol. The summed E-state index contributed by atoms with van der Waals surface area (Å²) in [5.74, 6) is 1.48. The number of hydrogen-bond acceptors (Lipinski definition) is 3. The third-order valence-corrected chi connectivity index (χ3v) is 8.54. The van der Waals surface area contributed by atoms with Crippen molar-refractivity contribution in [1.82, 2.24) is 9.88 Å². The molecule has 0 aliphatic carbocycles. The standard InChI is InChI=1S/C29H31Cl2N3O/c30-25-10-9-24(20-26(25)31)29(14-11-28(35)34(21-29)27-8-4-5-16-32-27)15-19-33-17-12-23(13-18-33)22-6-2-1-3-7-22/h1-10,16,20,23H,11-15,17-19,21H2. The number of carbonyl (C=O) groups is 1. The lowest BCUT2D eigenvalue weighted by atomic mass is 9.71. The summed E-state index contributed by atoms with van der Waals surface area (Å²) >= 11 is 12.7. The number of likely N-dealkylation sites (tertiary alicyclic amines) is 1. The van der Waals surface area contributed by atoms with Crippen LogP contribution in [0.25, 0.3) is 0 Å². The molecule has 35 heavy (non-hydrogen) atoms. The Labute approximate surface area is 217 Å². The zero-order valence-electron chi connectivity index (χ0n) is 19.9. The van der Waals surface area contributed by atoms with Crippen LogP contribution in [-0.2, 0) is 10.2 Å². The molecule has 1 amide bonds. The fraction of sp³-hybridized carbons (Fsp3) is 0.379. The van der Waals surface area contributed by atoms with E-state index in [-0.39, 0.29) is 11.3 Å². The van der Waals surface area contributed by atoms with Crippen molar-refractivity contribution in [3.8, 4) is 0 Å². The number of halogens is 2. The molecular formula is C29H31Cl2N3O. The van der Waals surface area contributed by atoms with Gasteiger partial charge in [0, 0.05) is 24.6 Å². The third kappa shape index (κ3) is 5.40. The number of nitrogens with zero attached hydrogens (tertiary/aromatic N) is 3. The van der Waals surface area contributed by atoms with Gasteiger partial charge in [-0.2, -0.15) is 0 Å². The molecule has 2 saturated heterocycles. The molecule has 1 atom stereocenters. The summed E-state index contributed by atoms with van der Waals surface area (Å²) in [6.45, 7) is 3.78. The van der Waals surface area contributed by atoms with Crippen molar-refractivity contribution in [2.75, 3.05) is 31.1 Å². The number of amides is 1. The van der Waals surface area contributed by atoms with E-state index in [0.29, 0.717) is 34.7 Å². The Balaban J connectivity index is 1.34. The highest BCUT2D eigenvalue weighted by Crippen LogP contribution is 2.41. The molecule has 0 N–H and O–H groups in total. The third-order valence-electron chi connectivity index (χ3n) is 7.80. The van der Waals surface area contributed by atoms with Crippen LogP contribution in [0.5, 0.6) is 0 Å². The van der Waals surface area contributed by atoms with Gasteiger partial charge in [0.25, 0.3) is 0 Å². The van der Waals surface area contributed by atoms with E-state index in [1.54, 1.807) is 6.20 Å². The summed E-state index contributed by atoms with van der Waals surface area (Å²) < 4.78 is 0. The van der Waals surface area contributed by atoms with Crippen LogP contribution >= 0.6 is 23.2 Å². The van der Waals surface area contributed by atoms with Gasteiger partial charge < -0.3 is 4.90 Å². The van der Waals surface area contributed by atoms with Crippen molar-refractivity contribution in [3.63, 3.8) is 0 Å². The Bertz CT molecular complexity index is 1150. The fourth-order valence-electron chi connectivity index (χ4n) is 5.67. The second-order valence-corrected chi connectivity index (χ2v) is 10.7. The molecule has 2 aliphatic heterocycles. The van der Waals surface area contributed by atoms with E-state index in [2.05, 4.69) is 46.3 Å². The molecule has 0 spiro atoms. The molecule has 5 rings (SSSR count). The Kier molecular flexibility index (Phi) is 7.43. The molecule has 182 valence electrons. The van der Waals surface area contributed by atoms with Crippen LogP contribution in [0.15, 0.2) is 72.9 Å². The van der Waals surface area contributed by atoms with Gasteiger partial charge in [-0.05, 0) is 86.6 Å². The van der Waals surface area contributed by atoms with Crippen molar-refractivity contribution in [2.45, 2.75) is 43.4 Å². The van der Waals surface area contributed by atoms with Gasteiger partial charge in [0.05, 0.1) is 10.0 Å². The number of aromatic nitrogens is 1. The predicted molar refractivity (Wildman–Crippen MR) is 143 cm³/mol. The zero-order chi connectivity index (χ0) is 24.3. The lowest BCUT2D eigenvalue weighted by Gasteiger charge is -2.44. The van der Waals surface area contributed by atoms with Gasteiger partial charge >= 0.3 is 0 Å². The lowest BCUT2D eigenvalue weighted by molar-refractivity contribution is -0.120. The van der Waals surface area contributed by atoms with Gasteiger partial charge in [-0.25, -0.2) is 4.98 Å². The van der Waals surface area contributed by atoms with Crippen LogP contribution in [0.2, 0.25) is 10.0 Å². The molecule has 3 aromatic rings. The lowest BCUT2D eigenvalue weighted by Crippen LogP contribution is -2.51. The Hall–Kier alpha value is -2.40. The Morgan fingerprint density at radius 3 is 2.43 bits per heavy atom. The topological polar surface area (TPSA) is 36.4 Å². The monoisotopic (exact) mass is 507 g/mol. The van der Waals surface area contributed by atoms with Gasteiger partial charge in [-0.15, -0.1) is 0 Å². The molecular weight excluding hydrogens is 477 g/mol. The van der Waals surface area contributed by atoms with E-state index < -0.39 is 0 Å². The zero-order valence-corrected chi connectivity index (χ0v) is 21.4. The number of rotatable bonds is 6. The van der Waals surface area contributed by atoms with Crippen molar-refractivity contribution in [2.24, 2.45) is 0 Å². The van der Waals surface area contributed by atoms with Crippen molar-refractivity contribution in [3.05, 3.63) is 94.1 Å². The van der Waals surface area contributed by atoms with Gasteiger partial charge in [-0.3, -0.25) is 9.69 Å². The second kappa shape index (κ2) is 10.7. The summed E-state index contributed by atoms with van der Waals surface area (Å²) in [6.07, 6.45) is 6.36. The number of hydrogen-bond donors (Lipinski definition) is 0. The van der Waals surface area contributed by atoms with E-state index in [0.717, 1.165) is 38.0 Å². The number of anilines is 1. The van der Waals surface area contributed by atoms with Crippen LogP contribution < -0.4 is 4.90 Å². The van der Waals surface area contributed by atoms with Crippen LogP contribution in [0.1, 0.15) is 49.1 Å². The number of pyridine rings is 1. The van der Waals surface area contributed by atoms with E-state index in [1.165, 1.54) is 18.4 Å². The van der Waals surface area contributed by atoms with Gasteiger partial charge in [0.2, 0.25) is 5.91 Å². The summed E-state index contributed by atoms with van der Waals surface area (Å²) in [7, 11) is 0. The molecule has 0 bridgehead atoms. The normalized spacial score (nSPS) is 21.9. The molecule has 2 fully saturated rings. The highest BCUT2D eigenvalue weighted by Gasteiger charge is 2.41. The Morgan fingerprint density at radius 1 is 0.943 bits per heavy atom. The van der Waals surface area contributed by atoms with E-state index in [4.69, 9.17) is 23.2 Å². The van der Waals surface area contributed by atoms with E-state index in [1.807, 2.05) is 35.2 Å². The first-order valence-electron chi connectivity index (χ1n) is 12.5. The first-order chi connectivity index (χ1) is 17.0. The van der Waals surface area contributed by atoms with Gasteiger partial charge in [-0.1, -0.05) is 65.7 Å². The SMILES string of the molecule is O=C1CCC(CCN2CCC(c3ccccc3)CC2)(c2ccc(Cl)c(Cl)c2)CN1c1ccccn1. The first kappa shape index (κ1) is 24.3. The maximum atomic E-state index is 12.9. The van der Waals surface area contributed by atoms with E-state index in [9.17, 15) is 4.79 Å². The highest BCUT2D eigenvalue weighted by atomic mass is 35.5. The molecule has 3 heterocycles. The van der Waals surface area contributed by atoms with Crippen LogP contribution in [0.4, 0.5) is 5.82 Å². The van der Waals surface area contributed by atoms with Crippen molar-refractivity contribution >= 4 is 34.9 Å². The molecule has 1 aromatic heterocycles. The average Bonchev–Trinajstić information content (AvgIpc) is 2.91. The maximum absolute atomic E-state index is 12.9. The minimum atomic E-state index is -0.198. The quantitative estimate of drug-likeness (QED) is 0.371. The summed E-state index contributed by atoms with van der Waals surface area (Å²) in [5.41, 5.74) is 2.41. The number of piperidine rings is 2. The minimum absolute atomic E-state index is 0.128. The molecule has 2 aliphatic rings. The Morgan fingerprint density at radius 2 is 1.71 bits per heavy atom. The molecule has 0 radical (unpaired) electrons.